The van der Waals surface area contributed by atoms with E-state index in [4.69, 9.17) is 14.5 Å². The molecule has 35 heavy (non-hydrogen) atoms. The van der Waals surface area contributed by atoms with E-state index in [9.17, 15) is 10.1 Å². The molecule has 3 saturated heterocycles. The van der Waals surface area contributed by atoms with Crippen LogP contribution in [0.5, 0.6) is 5.88 Å². The first kappa shape index (κ1) is 24.1. The third-order valence-corrected chi connectivity index (χ3v) is 7.79. The molecule has 2 bridgehead atoms. The van der Waals surface area contributed by atoms with Gasteiger partial charge in [0, 0.05) is 43.3 Å². The minimum atomic E-state index is -0.506. The zero-order valence-corrected chi connectivity index (χ0v) is 21.5. The van der Waals surface area contributed by atoms with E-state index in [-0.39, 0.29) is 18.2 Å². The molecule has 190 valence electrons. The van der Waals surface area contributed by atoms with Gasteiger partial charge in [-0.05, 0) is 78.6 Å². The van der Waals surface area contributed by atoms with Crippen molar-refractivity contribution >= 4 is 11.9 Å². The second-order valence-electron chi connectivity index (χ2n) is 11.4. The van der Waals surface area contributed by atoms with Crippen LogP contribution in [0, 0.1) is 11.3 Å². The summed E-state index contributed by atoms with van der Waals surface area (Å²) in [5.41, 5.74) is 2.24. The minimum Gasteiger partial charge on any atom is -0.475 e. The molecule has 0 aromatic carbocycles. The normalized spacial score (nSPS) is 26.4. The Morgan fingerprint density at radius 3 is 2.57 bits per heavy atom. The highest BCUT2D eigenvalue weighted by atomic mass is 16.6. The van der Waals surface area contributed by atoms with Gasteiger partial charge < -0.3 is 29.5 Å². The number of likely N-dealkylation sites (tertiary alicyclic amines) is 2. The van der Waals surface area contributed by atoms with Crippen LogP contribution in [0.15, 0.2) is 0 Å². The molecule has 1 N–H and O–H groups in total. The molecule has 0 radical (unpaired) electrons. The fourth-order valence-electron chi connectivity index (χ4n) is 6.04. The second kappa shape index (κ2) is 9.47. The third kappa shape index (κ3) is 4.78. The average Bonchev–Trinajstić information content (AvgIpc) is 3.34. The molecule has 5 heterocycles. The number of hydrogen-bond acceptors (Lipinski definition) is 8. The monoisotopic (exact) mass is 482 g/mol. The van der Waals surface area contributed by atoms with Crippen LogP contribution < -0.4 is 15.0 Å². The summed E-state index contributed by atoms with van der Waals surface area (Å²) in [5.74, 6) is 1.41. The number of pyridine rings is 1. The average molecular weight is 483 g/mol. The number of amides is 1. The van der Waals surface area contributed by atoms with Crippen molar-refractivity contribution in [2.45, 2.75) is 83.1 Å². The Bertz CT molecular complexity index is 1000. The number of nitriles is 1. The van der Waals surface area contributed by atoms with Crippen LogP contribution in [0.2, 0.25) is 0 Å². The summed E-state index contributed by atoms with van der Waals surface area (Å²) in [4.78, 5) is 24.4. The largest absolute Gasteiger partial charge is 0.475 e. The first-order chi connectivity index (χ1) is 16.7. The Hall–Kier alpha value is -2.57. The Morgan fingerprint density at radius 1 is 1.20 bits per heavy atom. The molecule has 1 aromatic rings. The number of rotatable bonds is 4. The molecule has 4 aliphatic heterocycles. The highest BCUT2D eigenvalue weighted by molar-refractivity contribution is 5.70. The molecule has 3 fully saturated rings. The van der Waals surface area contributed by atoms with Gasteiger partial charge in [-0.2, -0.15) is 10.2 Å². The van der Waals surface area contributed by atoms with Crippen LogP contribution in [0.1, 0.15) is 63.1 Å². The molecule has 9 heteroatoms. The number of likely N-dealkylation sites (N-methyl/N-ethyl adjacent to an activating group) is 1. The molecule has 1 amide bonds. The van der Waals surface area contributed by atoms with Crippen molar-refractivity contribution in [3.05, 3.63) is 16.7 Å². The standard InChI is InChI=1S/C26H38N6O3/c1-26(2,3)35-25(33)31-14-17-7-8-18(15-31)32(17)23-20-9-10-28-13-22(20)21(12-27)24(29-23)34-16-19-6-5-11-30(19)4/h17-19,28H,5-11,13-16H2,1-4H3/t17?,18?,19-/m0/s1. The summed E-state index contributed by atoms with van der Waals surface area (Å²) in [6.07, 6.45) is 4.91. The molecule has 0 saturated carbocycles. The van der Waals surface area contributed by atoms with E-state index < -0.39 is 5.60 Å². The van der Waals surface area contributed by atoms with E-state index in [0.717, 1.165) is 55.7 Å². The maximum Gasteiger partial charge on any atom is 0.410 e. The van der Waals surface area contributed by atoms with Gasteiger partial charge in [-0.15, -0.1) is 0 Å². The number of anilines is 1. The highest BCUT2D eigenvalue weighted by Crippen LogP contribution is 2.40. The van der Waals surface area contributed by atoms with E-state index in [1.54, 1.807) is 0 Å². The van der Waals surface area contributed by atoms with Crippen molar-refractivity contribution in [3.8, 4) is 11.9 Å². The fourth-order valence-corrected chi connectivity index (χ4v) is 6.04. The number of fused-ring (bicyclic) bond motifs is 3. The maximum atomic E-state index is 12.8. The van der Waals surface area contributed by atoms with Crippen molar-refractivity contribution in [3.63, 3.8) is 0 Å². The van der Waals surface area contributed by atoms with Gasteiger partial charge in [0.2, 0.25) is 5.88 Å². The van der Waals surface area contributed by atoms with Gasteiger partial charge in [0.25, 0.3) is 0 Å². The van der Waals surface area contributed by atoms with E-state index in [1.165, 1.54) is 6.42 Å². The number of ether oxygens (including phenoxy) is 2. The lowest BCUT2D eigenvalue weighted by molar-refractivity contribution is 0.0209. The minimum absolute atomic E-state index is 0.189. The summed E-state index contributed by atoms with van der Waals surface area (Å²) in [7, 11) is 2.13. The van der Waals surface area contributed by atoms with Crippen LogP contribution >= 0.6 is 0 Å². The number of aromatic nitrogens is 1. The lowest BCUT2D eigenvalue weighted by atomic mass is 9.96. The zero-order valence-electron chi connectivity index (χ0n) is 21.5. The quantitative estimate of drug-likeness (QED) is 0.700. The van der Waals surface area contributed by atoms with Crippen LogP contribution in [0.4, 0.5) is 10.6 Å². The van der Waals surface area contributed by atoms with Crippen molar-refractivity contribution in [2.75, 3.05) is 44.7 Å². The topological polar surface area (TPSA) is 94.0 Å². The molecule has 0 aliphatic carbocycles. The number of piperazine rings is 1. The first-order valence-corrected chi connectivity index (χ1v) is 13.0. The lowest BCUT2D eigenvalue weighted by Gasteiger charge is -2.43. The smallest absolute Gasteiger partial charge is 0.410 e. The summed E-state index contributed by atoms with van der Waals surface area (Å²) < 4.78 is 11.9. The Kier molecular flexibility index (Phi) is 6.53. The fraction of sp³-hybridized carbons (Fsp3) is 0.731. The van der Waals surface area contributed by atoms with Crippen LogP contribution in [-0.2, 0) is 17.7 Å². The van der Waals surface area contributed by atoms with E-state index in [2.05, 4.69) is 28.2 Å². The van der Waals surface area contributed by atoms with E-state index in [0.29, 0.717) is 43.7 Å². The molecule has 1 aromatic heterocycles. The van der Waals surface area contributed by atoms with Crippen LogP contribution in [0.25, 0.3) is 0 Å². The summed E-state index contributed by atoms with van der Waals surface area (Å²) in [6, 6.07) is 3.13. The Labute approximate surface area is 208 Å². The summed E-state index contributed by atoms with van der Waals surface area (Å²) in [6.45, 7) is 10.1. The Balaban J connectivity index is 1.43. The van der Waals surface area contributed by atoms with Crippen LogP contribution in [0.3, 0.4) is 0 Å². The van der Waals surface area contributed by atoms with Gasteiger partial charge in [-0.25, -0.2) is 4.79 Å². The lowest BCUT2D eigenvalue weighted by Crippen LogP contribution is -2.56. The molecular weight excluding hydrogens is 444 g/mol. The van der Waals surface area contributed by atoms with Gasteiger partial charge in [0.15, 0.2) is 0 Å². The van der Waals surface area contributed by atoms with Crippen molar-refractivity contribution in [1.29, 1.82) is 5.26 Å². The van der Waals surface area contributed by atoms with Gasteiger partial charge in [0.05, 0.1) is 0 Å². The van der Waals surface area contributed by atoms with E-state index >= 15 is 0 Å². The van der Waals surface area contributed by atoms with Crippen molar-refractivity contribution < 1.29 is 14.3 Å². The van der Waals surface area contributed by atoms with Crippen molar-refractivity contribution in [2.24, 2.45) is 0 Å². The third-order valence-electron chi connectivity index (χ3n) is 7.79. The van der Waals surface area contributed by atoms with Crippen LogP contribution in [-0.4, -0.2) is 84.4 Å². The molecular formula is C26H38N6O3. The molecule has 0 spiro atoms. The second-order valence-corrected chi connectivity index (χ2v) is 11.4. The number of carbonyl (C=O) groups excluding carboxylic acids is 1. The Morgan fingerprint density at radius 2 is 1.94 bits per heavy atom. The van der Waals surface area contributed by atoms with Gasteiger partial charge in [0.1, 0.15) is 29.7 Å². The zero-order chi connectivity index (χ0) is 24.7. The van der Waals surface area contributed by atoms with E-state index in [1.807, 2.05) is 25.7 Å². The van der Waals surface area contributed by atoms with Gasteiger partial charge in [-0.3, -0.25) is 0 Å². The predicted octanol–water partition coefficient (Wildman–Crippen LogP) is 2.66. The number of nitrogens with zero attached hydrogens (tertiary/aromatic N) is 5. The molecule has 5 rings (SSSR count). The predicted molar refractivity (Wildman–Crippen MR) is 133 cm³/mol. The number of hydrogen-bond donors (Lipinski definition) is 1. The van der Waals surface area contributed by atoms with Gasteiger partial charge >= 0.3 is 6.09 Å². The summed E-state index contributed by atoms with van der Waals surface area (Å²) >= 11 is 0. The number of nitrogens with one attached hydrogen (secondary N) is 1. The molecule has 3 atom stereocenters. The highest BCUT2D eigenvalue weighted by Gasteiger charge is 2.44. The molecule has 4 aliphatic rings. The SMILES string of the molecule is CN1CCC[C@H]1COc1nc(N2C3CCC2CN(C(=O)OC(C)(C)C)C3)c2c(c1C#N)CNCC2. The first-order valence-electron chi connectivity index (χ1n) is 13.0. The molecule has 9 nitrogen and oxygen atoms in total. The molecule has 2 unspecified atom stereocenters. The number of carbonyl (C=O) groups is 1. The van der Waals surface area contributed by atoms with Crippen molar-refractivity contribution in [1.82, 2.24) is 20.1 Å². The van der Waals surface area contributed by atoms with Gasteiger partial charge in [-0.1, -0.05) is 0 Å². The maximum absolute atomic E-state index is 12.8. The summed E-state index contributed by atoms with van der Waals surface area (Å²) in [5, 5.41) is 13.5.